The number of anilines is 1. The van der Waals surface area contributed by atoms with Crippen LogP contribution < -0.4 is 5.32 Å². The Morgan fingerprint density at radius 1 is 1.11 bits per heavy atom. The highest BCUT2D eigenvalue weighted by molar-refractivity contribution is 7.99. The lowest BCUT2D eigenvalue weighted by atomic mass is 10.2. The minimum absolute atomic E-state index is 0.151. The number of carbonyl (C=O) groups excluding carboxylic acids is 2. The van der Waals surface area contributed by atoms with E-state index in [2.05, 4.69) is 15.3 Å². The van der Waals surface area contributed by atoms with Crippen LogP contribution in [-0.2, 0) is 9.53 Å². The number of thioether (sulfide) groups is 1. The average molecular weight is 381 g/mol. The smallest absolute Gasteiger partial charge is 0.338 e. The Balaban J connectivity index is 1.51. The number of esters is 1. The van der Waals surface area contributed by atoms with Crippen molar-refractivity contribution >= 4 is 29.3 Å². The number of H-pyrrole nitrogens is 1. The van der Waals surface area contributed by atoms with Crippen molar-refractivity contribution in [3.63, 3.8) is 0 Å². The summed E-state index contributed by atoms with van der Waals surface area (Å²) in [4.78, 5) is 31.2. The molecule has 2 N–H and O–H groups in total. The van der Waals surface area contributed by atoms with Gasteiger partial charge >= 0.3 is 5.97 Å². The minimum Gasteiger partial charge on any atom is -0.462 e. The molecule has 0 spiro atoms. The van der Waals surface area contributed by atoms with Gasteiger partial charge in [0, 0.05) is 5.69 Å². The third kappa shape index (κ3) is 5.21. The lowest BCUT2D eigenvalue weighted by molar-refractivity contribution is -0.113. The average Bonchev–Trinajstić information content (AvgIpc) is 3.17. The van der Waals surface area contributed by atoms with E-state index in [1.54, 1.807) is 37.4 Å². The fraction of sp³-hybridized carbons (Fsp3) is 0.150. The molecule has 0 aliphatic rings. The first-order chi connectivity index (χ1) is 13.2. The predicted molar refractivity (Wildman–Crippen MR) is 106 cm³/mol. The number of aromatic nitrogens is 2. The maximum atomic E-state index is 12.1. The van der Waals surface area contributed by atoms with E-state index in [1.165, 1.54) is 11.8 Å². The quantitative estimate of drug-likeness (QED) is 0.478. The molecule has 0 bridgehead atoms. The summed E-state index contributed by atoms with van der Waals surface area (Å²) in [7, 11) is 0. The number of carbonyl (C=O) groups is 2. The molecule has 3 rings (SSSR count). The van der Waals surface area contributed by atoms with Crippen molar-refractivity contribution in [1.82, 2.24) is 9.97 Å². The Hall–Kier alpha value is -3.06. The second kappa shape index (κ2) is 9.05. The number of hydrogen-bond donors (Lipinski definition) is 2. The fourth-order valence-electron chi connectivity index (χ4n) is 2.38. The number of nitrogens with one attached hydrogen (secondary N) is 2. The first kappa shape index (κ1) is 18.7. The van der Waals surface area contributed by atoms with Gasteiger partial charge in [-0.1, -0.05) is 42.1 Å². The number of aromatic amines is 1. The van der Waals surface area contributed by atoms with E-state index in [9.17, 15) is 9.59 Å². The summed E-state index contributed by atoms with van der Waals surface area (Å²) < 4.78 is 4.93. The molecule has 0 saturated carbocycles. The van der Waals surface area contributed by atoms with E-state index in [4.69, 9.17) is 4.74 Å². The first-order valence-electron chi connectivity index (χ1n) is 8.46. The van der Waals surface area contributed by atoms with Gasteiger partial charge in [0.05, 0.1) is 29.8 Å². The topological polar surface area (TPSA) is 84.1 Å². The molecule has 27 heavy (non-hydrogen) atoms. The molecule has 1 aromatic heterocycles. The number of amides is 1. The maximum Gasteiger partial charge on any atom is 0.338 e. The van der Waals surface area contributed by atoms with E-state index < -0.39 is 0 Å². The second-order valence-corrected chi connectivity index (χ2v) is 6.57. The zero-order valence-electron chi connectivity index (χ0n) is 14.8. The van der Waals surface area contributed by atoms with Gasteiger partial charge in [0.25, 0.3) is 0 Å². The monoisotopic (exact) mass is 381 g/mol. The van der Waals surface area contributed by atoms with Crippen molar-refractivity contribution in [1.29, 1.82) is 0 Å². The summed E-state index contributed by atoms with van der Waals surface area (Å²) in [5.41, 5.74) is 3.03. The zero-order chi connectivity index (χ0) is 19.1. The Kier molecular flexibility index (Phi) is 6.27. The first-order valence-corrected chi connectivity index (χ1v) is 9.44. The molecule has 0 aliphatic carbocycles. The molecule has 138 valence electrons. The SMILES string of the molecule is CCOC(=O)c1ccc(NC(=O)CSc2ncc(-c3ccccc3)[nH]2)cc1. The molecule has 3 aromatic rings. The summed E-state index contributed by atoms with van der Waals surface area (Å²) >= 11 is 1.33. The van der Waals surface area contributed by atoms with Gasteiger partial charge in [0.1, 0.15) is 0 Å². The number of benzene rings is 2. The van der Waals surface area contributed by atoms with Crippen LogP contribution >= 0.6 is 11.8 Å². The minimum atomic E-state index is -0.377. The van der Waals surface area contributed by atoms with Gasteiger partial charge in [-0.2, -0.15) is 0 Å². The molecule has 0 fully saturated rings. The van der Waals surface area contributed by atoms with Crippen LogP contribution in [0.1, 0.15) is 17.3 Å². The summed E-state index contributed by atoms with van der Waals surface area (Å²) in [5, 5.41) is 3.48. The van der Waals surface area contributed by atoms with Gasteiger partial charge in [-0.05, 0) is 36.8 Å². The molecule has 6 nitrogen and oxygen atoms in total. The van der Waals surface area contributed by atoms with E-state index in [0.717, 1.165) is 11.3 Å². The molecule has 0 unspecified atom stereocenters. The van der Waals surface area contributed by atoms with E-state index in [-0.39, 0.29) is 17.6 Å². The summed E-state index contributed by atoms with van der Waals surface area (Å²) in [6, 6.07) is 16.5. The van der Waals surface area contributed by atoms with Crippen LogP contribution in [0.4, 0.5) is 5.69 Å². The third-order valence-electron chi connectivity index (χ3n) is 3.66. The number of ether oxygens (including phenoxy) is 1. The molecule has 0 saturated heterocycles. The van der Waals surface area contributed by atoms with Crippen LogP contribution in [0.2, 0.25) is 0 Å². The van der Waals surface area contributed by atoms with Gasteiger partial charge in [0.15, 0.2) is 5.16 Å². The number of imidazole rings is 1. The lowest BCUT2D eigenvalue weighted by Gasteiger charge is -2.06. The standard InChI is InChI=1S/C20H19N3O3S/c1-2-26-19(25)15-8-10-16(11-9-15)22-18(24)13-27-20-21-12-17(23-20)14-6-4-3-5-7-14/h3-12H,2,13H2,1H3,(H,21,23)(H,22,24). The largest absolute Gasteiger partial charge is 0.462 e. The van der Waals surface area contributed by atoms with Crippen molar-refractivity contribution in [2.45, 2.75) is 12.1 Å². The van der Waals surface area contributed by atoms with Gasteiger partial charge in [-0.15, -0.1) is 0 Å². The molecule has 0 radical (unpaired) electrons. The van der Waals surface area contributed by atoms with Gasteiger partial charge in [-0.25, -0.2) is 9.78 Å². The highest BCUT2D eigenvalue weighted by Gasteiger charge is 2.09. The van der Waals surface area contributed by atoms with Crippen molar-refractivity contribution in [2.24, 2.45) is 0 Å². The summed E-state index contributed by atoms with van der Waals surface area (Å²) in [6.45, 7) is 2.08. The maximum absolute atomic E-state index is 12.1. The van der Waals surface area contributed by atoms with Crippen LogP contribution in [0, 0.1) is 0 Å². The Morgan fingerprint density at radius 2 is 1.85 bits per heavy atom. The van der Waals surface area contributed by atoms with Crippen LogP contribution in [0.3, 0.4) is 0 Å². The second-order valence-electron chi connectivity index (χ2n) is 5.60. The van der Waals surface area contributed by atoms with Crippen molar-refractivity contribution < 1.29 is 14.3 Å². The summed E-state index contributed by atoms with van der Waals surface area (Å²) in [6.07, 6.45) is 1.75. The fourth-order valence-corrected chi connectivity index (χ4v) is 3.03. The highest BCUT2D eigenvalue weighted by atomic mass is 32.2. The molecular weight excluding hydrogens is 362 g/mol. The van der Waals surface area contributed by atoms with E-state index >= 15 is 0 Å². The van der Waals surface area contributed by atoms with Crippen molar-refractivity contribution in [2.75, 3.05) is 17.7 Å². The molecular formula is C20H19N3O3S. The van der Waals surface area contributed by atoms with Gasteiger partial charge < -0.3 is 15.0 Å². The zero-order valence-corrected chi connectivity index (χ0v) is 15.6. The van der Waals surface area contributed by atoms with Crippen molar-refractivity contribution in [3.8, 4) is 11.3 Å². The Morgan fingerprint density at radius 3 is 2.56 bits per heavy atom. The molecule has 1 amide bonds. The van der Waals surface area contributed by atoms with Crippen LogP contribution in [0.5, 0.6) is 0 Å². The molecule has 0 aliphatic heterocycles. The Labute approximate surface area is 161 Å². The normalized spacial score (nSPS) is 10.4. The van der Waals surface area contributed by atoms with Crippen molar-refractivity contribution in [3.05, 3.63) is 66.4 Å². The third-order valence-corrected chi connectivity index (χ3v) is 4.54. The van der Waals surface area contributed by atoms with Crippen LogP contribution in [0.25, 0.3) is 11.3 Å². The molecule has 0 atom stereocenters. The van der Waals surface area contributed by atoms with Gasteiger partial charge in [0.2, 0.25) is 5.91 Å². The highest BCUT2D eigenvalue weighted by Crippen LogP contribution is 2.21. The molecule has 2 aromatic carbocycles. The lowest BCUT2D eigenvalue weighted by Crippen LogP contribution is -2.14. The molecule has 1 heterocycles. The predicted octanol–water partition coefficient (Wildman–Crippen LogP) is 3.98. The number of rotatable bonds is 7. The van der Waals surface area contributed by atoms with Crippen LogP contribution in [-0.4, -0.2) is 34.2 Å². The van der Waals surface area contributed by atoms with Crippen LogP contribution in [0.15, 0.2) is 66.0 Å². The summed E-state index contributed by atoms with van der Waals surface area (Å²) in [5.74, 6) is -0.305. The van der Waals surface area contributed by atoms with E-state index in [1.807, 2.05) is 30.3 Å². The van der Waals surface area contributed by atoms with E-state index in [0.29, 0.717) is 23.0 Å². The molecule has 7 heteroatoms. The van der Waals surface area contributed by atoms with Gasteiger partial charge in [-0.3, -0.25) is 4.79 Å². The Bertz CT molecular complexity index is 908. The number of nitrogens with zero attached hydrogens (tertiary/aromatic N) is 1. The number of hydrogen-bond acceptors (Lipinski definition) is 5.